The fraction of sp³-hybridized carbons (Fsp3) is 0.303. The summed E-state index contributed by atoms with van der Waals surface area (Å²) in [6.07, 6.45) is 5.01. The van der Waals surface area contributed by atoms with Crippen LogP contribution in [0.5, 0.6) is 5.75 Å². The number of nitrogens with zero attached hydrogens (tertiary/aromatic N) is 3. The van der Waals surface area contributed by atoms with E-state index in [9.17, 15) is 4.79 Å². The number of aromatic nitrogens is 3. The van der Waals surface area contributed by atoms with Crippen molar-refractivity contribution >= 4 is 51.2 Å². The summed E-state index contributed by atoms with van der Waals surface area (Å²) < 4.78 is 15.2. The van der Waals surface area contributed by atoms with Crippen molar-refractivity contribution in [2.24, 2.45) is 0 Å². The zero-order valence-corrected chi connectivity index (χ0v) is 26.9. The third kappa shape index (κ3) is 7.11. The number of thioether (sulfide) groups is 1. The molecule has 43 heavy (non-hydrogen) atoms. The van der Waals surface area contributed by atoms with Gasteiger partial charge in [-0.2, -0.15) is 4.98 Å². The van der Waals surface area contributed by atoms with Gasteiger partial charge >= 0.3 is 5.97 Å². The summed E-state index contributed by atoms with van der Waals surface area (Å²) in [4.78, 5) is 18.8. The zero-order valence-electron chi connectivity index (χ0n) is 23.8. The molecule has 0 amide bonds. The normalized spacial score (nSPS) is 16.9. The molecular weight excluding hydrogens is 648 g/mol. The Hall–Kier alpha value is -3.27. The van der Waals surface area contributed by atoms with E-state index in [-0.39, 0.29) is 12.1 Å². The molecule has 1 N–H and O–H groups in total. The first-order chi connectivity index (χ1) is 20.9. The van der Waals surface area contributed by atoms with E-state index in [0.29, 0.717) is 39.8 Å². The van der Waals surface area contributed by atoms with Gasteiger partial charge in [-0.3, -0.25) is 0 Å². The van der Waals surface area contributed by atoms with Gasteiger partial charge in [0.1, 0.15) is 24.5 Å². The SMILES string of the molecule is CC1=C(C(=O)OC2CCCCC2)C(c2cc(Br)ccc2OCc2ccc(Cl)cc2)n2nc(SCc3ccccc3)nc2N1. The Balaban J connectivity index is 1.36. The molecule has 0 radical (unpaired) electrons. The first kappa shape index (κ1) is 29.8. The molecule has 0 spiro atoms. The van der Waals surface area contributed by atoms with Crippen LogP contribution in [0.25, 0.3) is 0 Å². The summed E-state index contributed by atoms with van der Waals surface area (Å²) in [6.45, 7) is 2.23. The minimum Gasteiger partial charge on any atom is -0.489 e. The van der Waals surface area contributed by atoms with E-state index in [1.807, 2.05) is 67.6 Å². The van der Waals surface area contributed by atoms with Crippen LogP contribution in [0.3, 0.4) is 0 Å². The maximum Gasteiger partial charge on any atom is 0.338 e. The average molecular weight is 680 g/mol. The lowest BCUT2D eigenvalue weighted by atomic mass is 9.94. The number of hydrogen-bond acceptors (Lipinski definition) is 7. The first-order valence-corrected chi connectivity index (χ1v) is 16.6. The highest BCUT2D eigenvalue weighted by atomic mass is 79.9. The van der Waals surface area contributed by atoms with E-state index < -0.39 is 6.04 Å². The first-order valence-electron chi connectivity index (χ1n) is 14.4. The van der Waals surface area contributed by atoms with Crippen molar-refractivity contribution in [1.29, 1.82) is 0 Å². The second kappa shape index (κ2) is 13.6. The van der Waals surface area contributed by atoms with Crippen LogP contribution in [0, 0.1) is 0 Å². The van der Waals surface area contributed by atoms with Gasteiger partial charge < -0.3 is 14.8 Å². The highest BCUT2D eigenvalue weighted by Gasteiger charge is 2.38. The van der Waals surface area contributed by atoms with Gasteiger partial charge in [0.05, 0.1) is 5.57 Å². The summed E-state index contributed by atoms with van der Waals surface area (Å²) in [5, 5.41) is 9.53. The Morgan fingerprint density at radius 1 is 1.05 bits per heavy atom. The largest absolute Gasteiger partial charge is 0.489 e. The third-order valence-electron chi connectivity index (χ3n) is 7.66. The van der Waals surface area contributed by atoms with E-state index >= 15 is 0 Å². The lowest BCUT2D eigenvalue weighted by Crippen LogP contribution is -2.32. The van der Waals surface area contributed by atoms with Crippen LogP contribution in [0.1, 0.15) is 61.8 Å². The van der Waals surface area contributed by atoms with Crippen molar-refractivity contribution in [1.82, 2.24) is 14.8 Å². The second-order valence-corrected chi connectivity index (χ2v) is 13.1. The Labute approximate surface area is 269 Å². The fourth-order valence-electron chi connectivity index (χ4n) is 5.47. The van der Waals surface area contributed by atoms with Crippen LogP contribution >= 0.6 is 39.3 Å². The lowest BCUT2D eigenvalue weighted by molar-refractivity contribution is -0.146. The van der Waals surface area contributed by atoms with Gasteiger partial charge in [-0.15, -0.1) is 5.10 Å². The van der Waals surface area contributed by atoms with Gasteiger partial charge in [0.2, 0.25) is 11.1 Å². The number of rotatable bonds is 9. The van der Waals surface area contributed by atoms with Gasteiger partial charge in [-0.1, -0.05) is 88.2 Å². The molecule has 222 valence electrons. The van der Waals surface area contributed by atoms with Crippen LogP contribution in [0.2, 0.25) is 5.02 Å². The standard InChI is InChI=1S/C33H32BrClN4O3S/c1-21-29(31(40)42-26-10-6-3-7-11-26)30(39-32(36-21)37-33(38-39)43-20-23-8-4-2-5-9-23)27-18-24(34)14-17-28(27)41-19-22-12-15-25(35)16-13-22/h2,4-5,8-9,12-18,26,30H,3,6-7,10-11,19-20H2,1H3,(H,36,37,38). The van der Waals surface area contributed by atoms with Crippen molar-refractivity contribution in [3.63, 3.8) is 0 Å². The fourth-order valence-corrected chi connectivity index (χ4v) is 6.76. The molecule has 1 unspecified atom stereocenters. The summed E-state index contributed by atoms with van der Waals surface area (Å²) in [5.74, 6) is 1.59. The highest BCUT2D eigenvalue weighted by molar-refractivity contribution is 9.10. The molecule has 10 heteroatoms. The van der Waals surface area contributed by atoms with Crippen LogP contribution in [-0.2, 0) is 21.9 Å². The number of esters is 1. The summed E-state index contributed by atoms with van der Waals surface area (Å²) in [5.41, 5.74) is 4.13. The summed E-state index contributed by atoms with van der Waals surface area (Å²) in [7, 11) is 0. The predicted molar refractivity (Wildman–Crippen MR) is 173 cm³/mol. The topological polar surface area (TPSA) is 78.3 Å². The predicted octanol–water partition coefficient (Wildman–Crippen LogP) is 8.73. The number of nitrogens with one attached hydrogen (secondary N) is 1. The van der Waals surface area contributed by atoms with Crippen molar-refractivity contribution in [2.45, 2.75) is 68.7 Å². The van der Waals surface area contributed by atoms with Crippen LogP contribution < -0.4 is 10.1 Å². The molecule has 4 aromatic rings. The van der Waals surface area contributed by atoms with E-state index in [0.717, 1.165) is 47.0 Å². The van der Waals surface area contributed by atoms with Crippen LogP contribution in [0.15, 0.2) is 93.7 Å². The molecular formula is C33H32BrClN4O3S. The Morgan fingerprint density at radius 3 is 2.58 bits per heavy atom. The second-order valence-electron chi connectivity index (χ2n) is 10.8. The molecule has 1 aromatic heterocycles. The molecule has 7 nitrogen and oxygen atoms in total. The number of benzene rings is 3. The van der Waals surface area contributed by atoms with Crippen molar-refractivity contribution in [3.05, 3.63) is 110 Å². The van der Waals surface area contributed by atoms with E-state index in [4.69, 9.17) is 31.2 Å². The average Bonchev–Trinajstić information content (AvgIpc) is 3.43. The van der Waals surface area contributed by atoms with Crippen molar-refractivity contribution < 1.29 is 14.3 Å². The quantitative estimate of drug-likeness (QED) is 0.140. The summed E-state index contributed by atoms with van der Waals surface area (Å²) in [6, 6.07) is 23.0. The monoisotopic (exact) mass is 678 g/mol. The van der Waals surface area contributed by atoms with Crippen LogP contribution in [0.4, 0.5) is 5.95 Å². The number of allylic oxidation sites excluding steroid dienone is 1. The molecule has 1 saturated carbocycles. The number of hydrogen-bond donors (Lipinski definition) is 1. The molecule has 2 aliphatic rings. The van der Waals surface area contributed by atoms with Crippen LogP contribution in [-0.4, -0.2) is 26.8 Å². The molecule has 2 heterocycles. The maximum absolute atomic E-state index is 13.9. The summed E-state index contributed by atoms with van der Waals surface area (Å²) >= 11 is 11.3. The molecule has 1 atom stereocenters. The third-order valence-corrected chi connectivity index (χ3v) is 9.32. The van der Waals surface area contributed by atoms with Crippen molar-refractivity contribution in [2.75, 3.05) is 5.32 Å². The molecule has 0 saturated heterocycles. The van der Waals surface area contributed by atoms with E-state index in [2.05, 4.69) is 33.4 Å². The van der Waals surface area contributed by atoms with Gasteiger partial charge in [0.15, 0.2) is 0 Å². The van der Waals surface area contributed by atoms with Gasteiger partial charge in [0.25, 0.3) is 0 Å². The number of carbonyl (C=O) groups is 1. The Morgan fingerprint density at radius 2 is 1.81 bits per heavy atom. The van der Waals surface area contributed by atoms with Crippen molar-refractivity contribution in [3.8, 4) is 5.75 Å². The number of anilines is 1. The molecule has 3 aromatic carbocycles. The number of halogens is 2. The minimum absolute atomic E-state index is 0.0838. The Bertz CT molecular complexity index is 1620. The van der Waals surface area contributed by atoms with E-state index in [1.54, 1.807) is 16.4 Å². The van der Waals surface area contributed by atoms with E-state index in [1.165, 1.54) is 12.0 Å². The molecule has 0 bridgehead atoms. The molecule has 1 aliphatic carbocycles. The smallest absolute Gasteiger partial charge is 0.338 e. The highest BCUT2D eigenvalue weighted by Crippen LogP contribution is 2.42. The Kier molecular flexibility index (Phi) is 9.40. The maximum atomic E-state index is 13.9. The van der Waals surface area contributed by atoms with Gasteiger partial charge in [-0.05, 0) is 74.1 Å². The molecule has 6 rings (SSSR count). The minimum atomic E-state index is -0.608. The lowest BCUT2D eigenvalue weighted by Gasteiger charge is -2.31. The number of carbonyl (C=O) groups excluding carboxylic acids is 1. The zero-order chi connectivity index (χ0) is 29.8. The number of ether oxygens (including phenoxy) is 2. The molecule has 1 fully saturated rings. The molecule has 1 aliphatic heterocycles. The van der Waals surface area contributed by atoms with Gasteiger partial charge in [0, 0.05) is 26.5 Å². The number of fused-ring (bicyclic) bond motifs is 1. The van der Waals surface area contributed by atoms with Gasteiger partial charge in [-0.25, -0.2) is 9.48 Å².